The zero-order chi connectivity index (χ0) is 37.0. The smallest absolute Gasteiger partial charge is 0.303 e. The molecule has 2 saturated heterocycles. The number of rotatable bonds is 12. The lowest BCUT2D eigenvalue weighted by Gasteiger charge is -2.44. The van der Waals surface area contributed by atoms with E-state index in [9.17, 15) is 38.4 Å². The minimum absolute atomic E-state index is 0.489. The number of hydrogen-bond donors (Lipinski definition) is 2. The average Bonchev–Trinajstić information content (AvgIpc) is 2.95. The third kappa shape index (κ3) is 12.9. The molecule has 0 aliphatic carbocycles. The monoisotopic (exact) mass is 700 g/mol. The Bertz CT molecular complexity index is 1250. The number of carbonyl (C=O) groups excluding carboxylic acids is 8. The molecule has 2 fully saturated rings. The number of ether oxygens (including phenoxy) is 8. The molecule has 0 saturated carbocycles. The van der Waals surface area contributed by atoms with Gasteiger partial charge in [0.05, 0.1) is 6.01 Å². The van der Waals surface area contributed by atoms with Crippen LogP contribution in [0, 0.1) is 0 Å². The second-order valence-corrected chi connectivity index (χ2v) is 10.8. The molecule has 20 nitrogen and oxygen atoms in total. The molecule has 10 atom stereocenters. The zero-order valence-electron chi connectivity index (χ0n) is 28.1. The predicted molar refractivity (Wildman–Crippen MR) is 158 cm³/mol. The number of nitrogens with zero attached hydrogens (tertiary/aromatic N) is 2. The first kappa shape index (κ1) is 40.2. The van der Waals surface area contributed by atoms with Gasteiger partial charge in [-0.1, -0.05) is 0 Å². The largest absolute Gasteiger partial charge is 0.463 e. The van der Waals surface area contributed by atoms with E-state index in [0.29, 0.717) is 0 Å². The summed E-state index contributed by atoms with van der Waals surface area (Å²) in [5, 5.41) is 5.06. The molecule has 20 heteroatoms. The summed E-state index contributed by atoms with van der Waals surface area (Å²) in [6, 6.07) is -0.294. The highest BCUT2D eigenvalue weighted by atomic mass is 16.6. The summed E-state index contributed by atoms with van der Waals surface area (Å²) in [6.45, 7) is 7.87. The molecule has 0 unspecified atom stereocenters. The second kappa shape index (κ2) is 18.6. The van der Waals surface area contributed by atoms with Crippen molar-refractivity contribution in [3.05, 3.63) is 0 Å². The number of aliphatic imine (C=N–C) groups is 2. The topological polar surface area (TPSA) is 259 Å². The van der Waals surface area contributed by atoms with Crippen LogP contribution in [0.3, 0.4) is 0 Å². The minimum atomic E-state index is -1.48. The van der Waals surface area contributed by atoms with E-state index < -0.39 is 122 Å². The molecule has 0 aromatic heterocycles. The molecule has 2 aliphatic heterocycles. The molecule has 0 radical (unpaired) electrons. The molecular formula is C29H40N4O16. The van der Waals surface area contributed by atoms with Crippen molar-refractivity contribution in [1.29, 1.82) is 0 Å². The van der Waals surface area contributed by atoms with Crippen LogP contribution in [0.2, 0.25) is 0 Å². The molecule has 49 heavy (non-hydrogen) atoms. The van der Waals surface area contributed by atoms with Gasteiger partial charge in [-0.2, -0.15) is 9.98 Å². The van der Waals surface area contributed by atoms with Gasteiger partial charge in [0.15, 0.2) is 36.9 Å². The zero-order valence-corrected chi connectivity index (χ0v) is 28.1. The molecule has 0 aromatic rings. The van der Waals surface area contributed by atoms with Crippen molar-refractivity contribution in [2.45, 2.75) is 117 Å². The first-order valence-corrected chi connectivity index (χ1v) is 14.8. The lowest BCUT2D eigenvalue weighted by molar-refractivity contribution is -0.223. The molecule has 272 valence electrons. The Labute approximate surface area is 280 Å². The maximum Gasteiger partial charge on any atom is 0.303 e. The summed E-state index contributed by atoms with van der Waals surface area (Å²) in [7, 11) is 0. The summed E-state index contributed by atoms with van der Waals surface area (Å²) < 4.78 is 43.5. The van der Waals surface area contributed by atoms with Crippen LogP contribution in [-0.4, -0.2) is 128 Å². The number of esters is 6. The minimum Gasteiger partial charge on any atom is -0.463 e. The van der Waals surface area contributed by atoms with Crippen LogP contribution in [0.5, 0.6) is 0 Å². The van der Waals surface area contributed by atoms with Gasteiger partial charge in [0.1, 0.15) is 37.5 Å². The lowest BCUT2D eigenvalue weighted by atomic mass is 9.95. The maximum atomic E-state index is 12.2. The van der Waals surface area contributed by atoms with Crippen LogP contribution in [0.25, 0.3) is 0 Å². The van der Waals surface area contributed by atoms with Crippen LogP contribution in [-0.2, 0) is 76.3 Å². The fraction of sp³-hybridized carbons (Fsp3) is 0.690. The molecule has 2 amide bonds. The molecular weight excluding hydrogens is 660 g/mol. The van der Waals surface area contributed by atoms with Gasteiger partial charge in [-0.05, 0) is 0 Å². The van der Waals surface area contributed by atoms with E-state index in [1.54, 1.807) is 0 Å². The SMILES string of the molecule is CC(=O)N[C@@H]1[C@@H](OC(C)=O)[C@H](OC(C)=O)[C@@H](COC(C)=O)O[C@H]1N=C=N[C@@H]1O[C@H](COC(C)=O)[C@@H](OC(C)=O)[C@H](OC(C)=O)[C@H]1NC(C)=O. The van der Waals surface area contributed by atoms with Gasteiger partial charge in [-0.15, -0.1) is 0 Å². The van der Waals surface area contributed by atoms with Gasteiger partial charge in [-0.25, -0.2) is 0 Å². The third-order valence-electron chi connectivity index (χ3n) is 6.55. The quantitative estimate of drug-likeness (QED) is 0.133. The highest BCUT2D eigenvalue weighted by Gasteiger charge is 2.52. The fourth-order valence-corrected chi connectivity index (χ4v) is 4.98. The van der Waals surface area contributed by atoms with Crippen LogP contribution < -0.4 is 10.6 Å². The predicted octanol–water partition coefficient (Wildman–Crippen LogP) is -1.53. The number of hydrogen-bond acceptors (Lipinski definition) is 18. The van der Waals surface area contributed by atoms with Crippen LogP contribution >= 0.6 is 0 Å². The van der Waals surface area contributed by atoms with Crippen molar-refractivity contribution in [2.75, 3.05) is 13.2 Å². The molecule has 0 bridgehead atoms. The van der Waals surface area contributed by atoms with Crippen molar-refractivity contribution in [2.24, 2.45) is 9.98 Å². The van der Waals surface area contributed by atoms with Gasteiger partial charge < -0.3 is 48.5 Å². The summed E-state index contributed by atoms with van der Waals surface area (Å²) in [6.07, 6.45) is -11.1. The van der Waals surface area contributed by atoms with Gasteiger partial charge >= 0.3 is 35.8 Å². The fourth-order valence-electron chi connectivity index (χ4n) is 4.98. The first-order chi connectivity index (χ1) is 22.9. The Morgan fingerprint density at radius 3 is 1.08 bits per heavy atom. The third-order valence-corrected chi connectivity index (χ3v) is 6.55. The van der Waals surface area contributed by atoms with E-state index in [0.717, 1.165) is 55.4 Å². The van der Waals surface area contributed by atoms with E-state index in [4.69, 9.17) is 37.9 Å². The Morgan fingerprint density at radius 2 is 0.816 bits per heavy atom. The van der Waals surface area contributed by atoms with Gasteiger partial charge in [0, 0.05) is 55.4 Å². The summed E-state index contributed by atoms with van der Waals surface area (Å²) >= 11 is 0. The van der Waals surface area contributed by atoms with E-state index >= 15 is 0 Å². The molecule has 2 aliphatic rings. The first-order valence-electron chi connectivity index (χ1n) is 14.8. The van der Waals surface area contributed by atoms with Gasteiger partial charge in [0.25, 0.3) is 0 Å². The maximum absolute atomic E-state index is 12.2. The lowest BCUT2D eigenvalue weighted by Crippen LogP contribution is -2.66. The summed E-state index contributed by atoms with van der Waals surface area (Å²) in [4.78, 5) is 104. The Balaban J connectivity index is 2.66. The highest BCUT2D eigenvalue weighted by Crippen LogP contribution is 2.29. The summed E-state index contributed by atoms with van der Waals surface area (Å²) in [5.41, 5.74) is 0. The van der Waals surface area contributed by atoms with Crippen LogP contribution in [0.4, 0.5) is 0 Å². The number of carbonyl (C=O) groups is 8. The Hall–Kier alpha value is -4.94. The number of nitrogens with one attached hydrogen (secondary N) is 2. The van der Waals surface area contributed by atoms with E-state index in [1.807, 2.05) is 0 Å². The highest BCUT2D eigenvalue weighted by molar-refractivity contribution is 5.74. The van der Waals surface area contributed by atoms with Crippen LogP contribution in [0.1, 0.15) is 55.4 Å². The molecule has 0 aromatic carbocycles. The van der Waals surface area contributed by atoms with Crippen molar-refractivity contribution < 1.29 is 76.3 Å². The molecule has 2 rings (SSSR count). The van der Waals surface area contributed by atoms with Crippen molar-refractivity contribution in [3.63, 3.8) is 0 Å². The standard InChI is InChI=1S/C29H40N4O16/c1-12(34)32-22-26(46-18(7)40)24(44-16(5)38)20(9-42-14(3)36)48-28(22)30-11-31-29-23(33-13(2)35)27(47-19(8)41)25(45-17(6)39)21(49-29)10-43-15(4)37/h20-29H,9-10H2,1-8H3,(H,32,34)(H,33,35)/t20-,21-,22-,23-,24-,25-,26-,27-,28-,29-/m1/s1. The van der Waals surface area contributed by atoms with Gasteiger partial charge in [0.2, 0.25) is 11.8 Å². The molecule has 2 N–H and O–H groups in total. The summed E-state index contributed by atoms with van der Waals surface area (Å²) in [5.74, 6) is -5.94. The molecule has 0 spiro atoms. The second-order valence-electron chi connectivity index (χ2n) is 10.8. The number of amides is 2. The average molecular weight is 701 g/mol. The van der Waals surface area contributed by atoms with E-state index in [-0.39, 0.29) is 0 Å². The van der Waals surface area contributed by atoms with E-state index in [1.165, 1.54) is 0 Å². The van der Waals surface area contributed by atoms with E-state index in [2.05, 4.69) is 26.6 Å². The van der Waals surface area contributed by atoms with Crippen LogP contribution in [0.15, 0.2) is 9.98 Å². The Kier molecular flexibility index (Phi) is 15.2. The Morgan fingerprint density at radius 1 is 0.510 bits per heavy atom. The molecule has 2 heterocycles. The van der Waals surface area contributed by atoms with Gasteiger partial charge in [-0.3, -0.25) is 38.4 Å². The van der Waals surface area contributed by atoms with Crippen molar-refractivity contribution in [3.8, 4) is 0 Å². The van der Waals surface area contributed by atoms with Crippen molar-refractivity contribution in [1.82, 2.24) is 10.6 Å². The van der Waals surface area contributed by atoms with Crippen molar-refractivity contribution >= 4 is 53.6 Å². The normalized spacial score (nSPS) is 29.0.